The predicted molar refractivity (Wildman–Crippen MR) is 180 cm³/mol. The smallest absolute Gasteiger partial charge is 0.264 e. The Morgan fingerprint density at radius 1 is 0.867 bits per heavy atom. The topological polar surface area (TPSA) is 96.0 Å². The number of anilines is 1. The van der Waals surface area contributed by atoms with Crippen molar-refractivity contribution in [3.63, 3.8) is 0 Å². The molecule has 0 saturated heterocycles. The molecule has 0 aliphatic carbocycles. The van der Waals surface area contributed by atoms with E-state index >= 15 is 0 Å². The number of nitrogens with one attached hydrogen (secondary N) is 1. The highest BCUT2D eigenvalue weighted by atomic mass is 32.2. The fourth-order valence-corrected chi connectivity index (χ4v) is 6.71. The van der Waals surface area contributed by atoms with E-state index in [-0.39, 0.29) is 23.8 Å². The van der Waals surface area contributed by atoms with Crippen LogP contribution in [0, 0.1) is 6.92 Å². The number of hydrogen-bond donors (Lipinski definition) is 1. The van der Waals surface area contributed by atoms with Crippen LogP contribution in [0.15, 0.2) is 113 Å². The fraction of sp³-hybridized carbons (Fsp3) is 0.257. The van der Waals surface area contributed by atoms with Gasteiger partial charge in [-0.3, -0.25) is 13.9 Å². The average molecular weight is 646 g/mol. The van der Waals surface area contributed by atoms with E-state index in [2.05, 4.69) is 5.32 Å². The van der Waals surface area contributed by atoms with Crippen LogP contribution in [0.1, 0.15) is 23.6 Å². The normalized spacial score (nSPS) is 11.8. The highest BCUT2D eigenvalue weighted by molar-refractivity contribution is 7.98. The van der Waals surface area contributed by atoms with Gasteiger partial charge in [0.1, 0.15) is 18.3 Å². The van der Waals surface area contributed by atoms with Gasteiger partial charge in [0.2, 0.25) is 11.8 Å². The lowest BCUT2D eigenvalue weighted by atomic mass is 10.0. The number of amides is 2. The van der Waals surface area contributed by atoms with Crippen molar-refractivity contribution >= 4 is 39.3 Å². The van der Waals surface area contributed by atoms with Crippen LogP contribution in [0.5, 0.6) is 5.75 Å². The molecule has 0 spiro atoms. The third-order valence-electron chi connectivity index (χ3n) is 7.35. The van der Waals surface area contributed by atoms with E-state index in [9.17, 15) is 18.0 Å². The standard InChI is InChI=1S/C35H39N3O5S2/c1-5-43-30-17-15-29(16-18-30)38(45(41,42)32-21-19-31(44-4)20-22-32)25-34(39)37(24-28-13-11-26(2)12-14-28)33(35(40)36-3)23-27-9-7-6-8-10-27/h6-22,33H,5,23-25H2,1-4H3,(H,36,40). The number of aryl methyl sites for hydroxylation is 1. The largest absolute Gasteiger partial charge is 0.494 e. The van der Waals surface area contributed by atoms with E-state index < -0.39 is 28.5 Å². The highest BCUT2D eigenvalue weighted by Gasteiger charge is 2.34. The van der Waals surface area contributed by atoms with Crippen molar-refractivity contribution in [2.24, 2.45) is 0 Å². The summed E-state index contributed by atoms with van der Waals surface area (Å²) in [6, 6.07) is 29.4. The maximum absolute atomic E-state index is 14.4. The van der Waals surface area contributed by atoms with Gasteiger partial charge in [0.15, 0.2) is 0 Å². The first-order valence-corrected chi connectivity index (χ1v) is 17.3. The van der Waals surface area contributed by atoms with Crippen molar-refractivity contribution in [3.05, 3.63) is 120 Å². The Balaban J connectivity index is 1.78. The number of carbonyl (C=O) groups excluding carboxylic acids is 2. The van der Waals surface area contributed by atoms with Gasteiger partial charge >= 0.3 is 0 Å². The van der Waals surface area contributed by atoms with Crippen LogP contribution in [0.25, 0.3) is 0 Å². The minimum atomic E-state index is -4.19. The molecule has 4 aromatic carbocycles. The van der Waals surface area contributed by atoms with Gasteiger partial charge in [0.25, 0.3) is 10.0 Å². The monoisotopic (exact) mass is 645 g/mol. The average Bonchev–Trinajstić information content (AvgIpc) is 3.06. The third-order valence-corrected chi connectivity index (χ3v) is 9.88. The van der Waals surface area contributed by atoms with Gasteiger partial charge in [0, 0.05) is 24.9 Å². The zero-order chi connectivity index (χ0) is 32.4. The summed E-state index contributed by atoms with van der Waals surface area (Å²) < 4.78 is 35.0. The molecule has 0 aliphatic heterocycles. The molecule has 4 rings (SSSR count). The predicted octanol–water partition coefficient (Wildman–Crippen LogP) is 5.70. The first-order chi connectivity index (χ1) is 21.7. The maximum Gasteiger partial charge on any atom is 0.264 e. The molecular weight excluding hydrogens is 607 g/mol. The minimum Gasteiger partial charge on any atom is -0.494 e. The molecule has 0 heterocycles. The second-order valence-corrected chi connectivity index (χ2v) is 13.2. The van der Waals surface area contributed by atoms with Crippen molar-refractivity contribution in [1.29, 1.82) is 0 Å². The van der Waals surface area contributed by atoms with E-state index in [1.54, 1.807) is 48.5 Å². The van der Waals surface area contributed by atoms with Crippen LogP contribution in [0.4, 0.5) is 5.69 Å². The number of nitrogens with zero attached hydrogens (tertiary/aromatic N) is 2. The summed E-state index contributed by atoms with van der Waals surface area (Å²) in [7, 11) is -2.65. The maximum atomic E-state index is 14.4. The van der Waals surface area contributed by atoms with E-state index in [4.69, 9.17) is 4.74 Å². The van der Waals surface area contributed by atoms with Gasteiger partial charge in [-0.2, -0.15) is 0 Å². The number of thioether (sulfide) groups is 1. The molecule has 0 aromatic heterocycles. The van der Waals surface area contributed by atoms with Crippen molar-refractivity contribution in [1.82, 2.24) is 10.2 Å². The number of rotatable bonds is 14. The van der Waals surface area contributed by atoms with Crippen molar-refractivity contribution in [2.45, 2.75) is 42.6 Å². The van der Waals surface area contributed by atoms with Crippen molar-refractivity contribution < 1.29 is 22.7 Å². The summed E-state index contributed by atoms with van der Waals surface area (Å²) in [6.07, 6.45) is 2.17. The van der Waals surface area contributed by atoms with E-state index in [1.165, 1.54) is 23.7 Å². The van der Waals surface area contributed by atoms with Crippen molar-refractivity contribution in [3.8, 4) is 5.75 Å². The minimum absolute atomic E-state index is 0.0548. The van der Waals surface area contributed by atoms with Gasteiger partial charge in [0.05, 0.1) is 17.2 Å². The molecule has 4 aromatic rings. The van der Waals surface area contributed by atoms with Crippen LogP contribution in [0.3, 0.4) is 0 Å². The molecule has 0 saturated carbocycles. The molecule has 0 fully saturated rings. The van der Waals surface area contributed by atoms with E-state index in [0.717, 1.165) is 25.9 Å². The Morgan fingerprint density at radius 3 is 2.09 bits per heavy atom. The Kier molecular flexibility index (Phi) is 11.7. The number of carbonyl (C=O) groups is 2. The summed E-state index contributed by atoms with van der Waals surface area (Å²) in [5, 5.41) is 2.71. The number of likely N-dealkylation sites (N-methyl/N-ethyl adjacent to an activating group) is 1. The Morgan fingerprint density at radius 2 is 1.51 bits per heavy atom. The van der Waals surface area contributed by atoms with Gasteiger partial charge < -0.3 is 15.0 Å². The fourth-order valence-electron chi connectivity index (χ4n) is 4.89. The molecule has 1 atom stereocenters. The van der Waals surface area contributed by atoms with Gasteiger partial charge in [-0.25, -0.2) is 8.42 Å². The second-order valence-electron chi connectivity index (χ2n) is 10.4. The summed E-state index contributed by atoms with van der Waals surface area (Å²) in [5.74, 6) is -0.279. The molecule has 10 heteroatoms. The molecule has 45 heavy (non-hydrogen) atoms. The lowest BCUT2D eigenvalue weighted by molar-refractivity contribution is -0.139. The first kappa shape index (κ1) is 33.6. The number of hydrogen-bond acceptors (Lipinski definition) is 6. The molecule has 236 valence electrons. The summed E-state index contributed by atoms with van der Waals surface area (Å²) in [4.78, 5) is 30.2. The zero-order valence-corrected chi connectivity index (χ0v) is 27.6. The van der Waals surface area contributed by atoms with Crippen LogP contribution in [-0.4, -0.2) is 57.6 Å². The van der Waals surface area contributed by atoms with Crippen LogP contribution >= 0.6 is 11.8 Å². The summed E-state index contributed by atoms with van der Waals surface area (Å²) in [5.41, 5.74) is 3.05. The van der Waals surface area contributed by atoms with Gasteiger partial charge in [-0.05, 0) is 79.8 Å². The lowest BCUT2D eigenvalue weighted by Gasteiger charge is -2.33. The molecule has 0 aliphatic rings. The molecule has 8 nitrogen and oxygen atoms in total. The third kappa shape index (κ3) is 8.67. The SMILES string of the molecule is CCOc1ccc(N(CC(=O)N(Cc2ccc(C)cc2)C(Cc2ccccc2)C(=O)NC)S(=O)(=O)c2ccc(SC)cc2)cc1. The van der Waals surface area contributed by atoms with E-state index in [0.29, 0.717) is 18.0 Å². The molecule has 0 radical (unpaired) electrons. The first-order valence-electron chi connectivity index (χ1n) is 14.7. The molecular formula is C35H39N3O5S2. The Labute approximate surface area is 270 Å². The second kappa shape index (κ2) is 15.6. The quantitative estimate of drug-likeness (QED) is 0.177. The van der Waals surface area contributed by atoms with Gasteiger partial charge in [-0.15, -0.1) is 11.8 Å². The Hall–Kier alpha value is -4.28. The van der Waals surface area contributed by atoms with Gasteiger partial charge in [-0.1, -0.05) is 60.2 Å². The molecule has 0 bridgehead atoms. The summed E-state index contributed by atoms with van der Waals surface area (Å²) >= 11 is 1.50. The molecule has 2 amide bonds. The van der Waals surface area contributed by atoms with Crippen LogP contribution in [0.2, 0.25) is 0 Å². The molecule has 1 unspecified atom stereocenters. The highest BCUT2D eigenvalue weighted by Crippen LogP contribution is 2.28. The molecule has 1 N–H and O–H groups in total. The number of sulfonamides is 1. The van der Waals surface area contributed by atoms with Crippen LogP contribution < -0.4 is 14.4 Å². The zero-order valence-electron chi connectivity index (χ0n) is 26.0. The summed E-state index contributed by atoms with van der Waals surface area (Å²) in [6.45, 7) is 3.89. The van der Waals surface area contributed by atoms with E-state index in [1.807, 2.05) is 74.7 Å². The lowest BCUT2D eigenvalue weighted by Crippen LogP contribution is -2.53. The number of benzene rings is 4. The number of ether oxygens (including phenoxy) is 1. The Bertz CT molecular complexity index is 1660. The van der Waals surface area contributed by atoms with Crippen molar-refractivity contribution in [2.75, 3.05) is 30.8 Å². The van der Waals surface area contributed by atoms with Crippen LogP contribution in [-0.2, 0) is 32.6 Å².